The van der Waals surface area contributed by atoms with Gasteiger partial charge < -0.3 is 9.82 Å². The molecule has 2 heterocycles. The highest BCUT2D eigenvalue weighted by molar-refractivity contribution is 5.93. The van der Waals surface area contributed by atoms with Gasteiger partial charge in [0.15, 0.2) is 0 Å². The fourth-order valence-corrected chi connectivity index (χ4v) is 3.73. The molecule has 0 aliphatic carbocycles. The highest BCUT2D eigenvalue weighted by Gasteiger charge is 2.29. The summed E-state index contributed by atoms with van der Waals surface area (Å²) in [4.78, 5) is 38.4. The van der Waals surface area contributed by atoms with Crippen LogP contribution in [0.2, 0.25) is 0 Å². The Morgan fingerprint density at radius 1 is 1.07 bits per heavy atom. The molecule has 1 aromatic heterocycles. The van der Waals surface area contributed by atoms with Crippen molar-refractivity contribution < 1.29 is 9.63 Å². The number of benzene rings is 2. The average molecular weight is 405 g/mol. The van der Waals surface area contributed by atoms with Gasteiger partial charge in [0.1, 0.15) is 5.82 Å². The number of carbonyl (C=O) groups excluding carboxylic acids is 1. The van der Waals surface area contributed by atoms with Crippen LogP contribution < -0.4 is 5.56 Å². The zero-order valence-electron chi connectivity index (χ0n) is 17.6. The lowest BCUT2D eigenvalue weighted by Gasteiger charge is -2.31. The van der Waals surface area contributed by atoms with Crippen LogP contribution >= 0.6 is 0 Å². The lowest BCUT2D eigenvalue weighted by atomic mass is 9.96. The molecular weight excluding hydrogens is 378 g/mol. The Hall–Kier alpha value is -2.99. The van der Waals surface area contributed by atoms with Crippen molar-refractivity contribution >= 4 is 16.9 Å². The second-order valence-electron chi connectivity index (χ2n) is 8.85. The summed E-state index contributed by atoms with van der Waals surface area (Å²) in [6.07, 6.45) is 1.54. The SMILES string of the molecule is CC(C)(C)C(=O)ON1CCC(c2nc3cccc(-c4ccccc4)c3c(=O)[nH]2)CC1. The van der Waals surface area contributed by atoms with Crippen molar-refractivity contribution in [2.45, 2.75) is 39.5 Å². The van der Waals surface area contributed by atoms with E-state index in [1.54, 1.807) is 5.06 Å². The first-order chi connectivity index (χ1) is 14.3. The third-order valence-corrected chi connectivity index (χ3v) is 5.50. The van der Waals surface area contributed by atoms with Crippen LogP contribution in [0.25, 0.3) is 22.0 Å². The Morgan fingerprint density at radius 3 is 2.43 bits per heavy atom. The summed E-state index contributed by atoms with van der Waals surface area (Å²) in [6.45, 7) is 6.77. The van der Waals surface area contributed by atoms with E-state index in [0.717, 1.165) is 24.0 Å². The average Bonchev–Trinajstić information content (AvgIpc) is 2.73. The maximum Gasteiger partial charge on any atom is 0.330 e. The van der Waals surface area contributed by atoms with Gasteiger partial charge in [-0.25, -0.2) is 9.78 Å². The molecule has 4 rings (SSSR count). The second kappa shape index (κ2) is 8.03. The number of nitrogens with one attached hydrogen (secondary N) is 1. The molecule has 0 saturated carbocycles. The third-order valence-electron chi connectivity index (χ3n) is 5.50. The standard InChI is InChI=1S/C24H27N3O3/c1-24(2,3)23(29)30-27-14-12-17(13-15-27)21-25-19-11-7-10-18(20(19)22(28)26-21)16-8-5-4-6-9-16/h4-11,17H,12-15H2,1-3H3,(H,25,26,28). The number of aromatic nitrogens is 2. The first-order valence-corrected chi connectivity index (χ1v) is 10.4. The molecule has 1 aliphatic rings. The number of aromatic amines is 1. The van der Waals surface area contributed by atoms with E-state index in [0.29, 0.717) is 29.8 Å². The molecule has 0 atom stereocenters. The first kappa shape index (κ1) is 20.3. The van der Waals surface area contributed by atoms with Gasteiger partial charge in [-0.3, -0.25) is 4.79 Å². The molecule has 6 heteroatoms. The predicted octanol–water partition coefficient (Wildman–Crippen LogP) is 4.27. The van der Waals surface area contributed by atoms with Crippen molar-refractivity contribution in [3.8, 4) is 11.1 Å². The number of carbonyl (C=O) groups is 1. The predicted molar refractivity (Wildman–Crippen MR) is 117 cm³/mol. The summed E-state index contributed by atoms with van der Waals surface area (Å²) in [5, 5.41) is 2.33. The number of H-pyrrole nitrogens is 1. The van der Waals surface area contributed by atoms with Gasteiger partial charge in [0.2, 0.25) is 0 Å². The van der Waals surface area contributed by atoms with E-state index in [4.69, 9.17) is 9.82 Å². The largest absolute Gasteiger partial charge is 0.367 e. The molecule has 0 amide bonds. The molecule has 1 saturated heterocycles. The number of hydroxylamine groups is 2. The van der Waals surface area contributed by atoms with Crippen molar-refractivity contribution in [2.75, 3.05) is 13.1 Å². The molecule has 3 aromatic rings. The van der Waals surface area contributed by atoms with E-state index in [1.807, 2.05) is 69.3 Å². The molecule has 0 bridgehead atoms. The molecule has 30 heavy (non-hydrogen) atoms. The van der Waals surface area contributed by atoms with Gasteiger partial charge in [0, 0.05) is 19.0 Å². The third kappa shape index (κ3) is 4.14. The maximum atomic E-state index is 13.0. The van der Waals surface area contributed by atoms with Gasteiger partial charge in [-0.1, -0.05) is 42.5 Å². The molecular formula is C24H27N3O3. The highest BCUT2D eigenvalue weighted by Crippen LogP contribution is 2.29. The lowest BCUT2D eigenvalue weighted by molar-refractivity contribution is -0.204. The number of hydrogen-bond acceptors (Lipinski definition) is 5. The topological polar surface area (TPSA) is 75.3 Å². The van der Waals surface area contributed by atoms with Crippen LogP contribution in [0.5, 0.6) is 0 Å². The van der Waals surface area contributed by atoms with E-state index in [9.17, 15) is 9.59 Å². The Kier molecular flexibility index (Phi) is 5.43. The van der Waals surface area contributed by atoms with Crippen LogP contribution in [-0.2, 0) is 9.63 Å². The van der Waals surface area contributed by atoms with Gasteiger partial charge in [-0.2, -0.15) is 0 Å². The molecule has 156 valence electrons. The van der Waals surface area contributed by atoms with E-state index < -0.39 is 5.41 Å². The van der Waals surface area contributed by atoms with E-state index in [1.165, 1.54) is 0 Å². The van der Waals surface area contributed by atoms with Gasteiger partial charge in [0.25, 0.3) is 5.56 Å². The molecule has 1 fully saturated rings. The van der Waals surface area contributed by atoms with Gasteiger partial charge in [-0.15, -0.1) is 5.06 Å². The summed E-state index contributed by atoms with van der Waals surface area (Å²) in [5.41, 5.74) is 1.94. The van der Waals surface area contributed by atoms with Crippen LogP contribution in [-0.4, -0.2) is 34.1 Å². The van der Waals surface area contributed by atoms with E-state index >= 15 is 0 Å². The molecule has 6 nitrogen and oxygen atoms in total. The summed E-state index contributed by atoms with van der Waals surface area (Å²) < 4.78 is 0. The normalized spacial score (nSPS) is 16.0. The van der Waals surface area contributed by atoms with Crippen LogP contribution in [0.15, 0.2) is 53.3 Å². The molecule has 2 aromatic carbocycles. The van der Waals surface area contributed by atoms with E-state index in [2.05, 4.69) is 4.98 Å². The summed E-state index contributed by atoms with van der Waals surface area (Å²) in [7, 11) is 0. The smallest absolute Gasteiger partial charge is 0.330 e. The Balaban J connectivity index is 1.56. The van der Waals surface area contributed by atoms with Crippen LogP contribution in [0.1, 0.15) is 45.4 Å². The minimum atomic E-state index is -0.529. The summed E-state index contributed by atoms with van der Waals surface area (Å²) in [5.74, 6) is 0.609. The number of rotatable bonds is 3. The van der Waals surface area contributed by atoms with Crippen LogP contribution in [0.4, 0.5) is 0 Å². The van der Waals surface area contributed by atoms with Crippen molar-refractivity contribution in [1.29, 1.82) is 0 Å². The molecule has 1 aliphatic heterocycles. The summed E-state index contributed by atoms with van der Waals surface area (Å²) >= 11 is 0. The number of fused-ring (bicyclic) bond motifs is 1. The zero-order valence-corrected chi connectivity index (χ0v) is 17.6. The Morgan fingerprint density at radius 2 is 1.77 bits per heavy atom. The van der Waals surface area contributed by atoms with Crippen molar-refractivity contribution in [2.24, 2.45) is 5.41 Å². The van der Waals surface area contributed by atoms with Crippen LogP contribution in [0, 0.1) is 5.41 Å². The summed E-state index contributed by atoms with van der Waals surface area (Å²) in [6, 6.07) is 15.7. The van der Waals surface area contributed by atoms with Crippen molar-refractivity contribution in [3.63, 3.8) is 0 Å². The fourth-order valence-electron chi connectivity index (χ4n) is 3.73. The van der Waals surface area contributed by atoms with Gasteiger partial charge >= 0.3 is 5.97 Å². The Bertz CT molecular complexity index is 1110. The Labute approximate surface area is 175 Å². The first-order valence-electron chi connectivity index (χ1n) is 10.4. The van der Waals surface area contributed by atoms with Crippen LogP contribution in [0.3, 0.4) is 0 Å². The minimum absolute atomic E-state index is 0.115. The zero-order chi connectivity index (χ0) is 21.3. The minimum Gasteiger partial charge on any atom is -0.367 e. The molecule has 0 radical (unpaired) electrons. The fraction of sp³-hybridized carbons (Fsp3) is 0.375. The second-order valence-corrected chi connectivity index (χ2v) is 8.85. The van der Waals surface area contributed by atoms with Crippen molar-refractivity contribution in [3.05, 3.63) is 64.7 Å². The maximum absolute atomic E-state index is 13.0. The lowest BCUT2D eigenvalue weighted by Crippen LogP contribution is -2.38. The van der Waals surface area contributed by atoms with Gasteiger partial charge in [0.05, 0.1) is 16.3 Å². The van der Waals surface area contributed by atoms with Crippen molar-refractivity contribution in [1.82, 2.24) is 15.0 Å². The quantitative estimate of drug-likeness (QED) is 0.704. The molecule has 0 spiro atoms. The van der Waals surface area contributed by atoms with E-state index in [-0.39, 0.29) is 17.4 Å². The molecule has 1 N–H and O–H groups in total. The monoisotopic (exact) mass is 405 g/mol. The molecule has 0 unspecified atom stereocenters. The highest BCUT2D eigenvalue weighted by atomic mass is 16.7. The number of nitrogens with zero attached hydrogens (tertiary/aromatic N) is 2. The number of piperidine rings is 1. The number of hydrogen-bond donors (Lipinski definition) is 1. The van der Waals surface area contributed by atoms with Gasteiger partial charge in [-0.05, 0) is 50.8 Å².